The molecule has 0 spiro atoms. The van der Waals surface area contributed by atoms with Crippen LogP contribution in [0.15, 0.2) is 18.2 Å². The minimum Gasteiger partial charge on any atom is -0.346 e. The summed E-state index contributed by atoms with van der Waals surface area (Å²) < 4.78 is 0. The Hall–Kier alpha value is -0.730. The highest BCUT2D eigenvalue weighted by Crippen LogP contribution is 2.17. The fourth-order valence-electron chi connectivity index (χ4n) is 1.20. The average molecular weight is 260 g/mol. The smallest absolute Gasteiger partial charge is 0.251 e. The van der Waals surface area contributed by atoms with Crippen molar-refractivity contribution in [2.45, 2.75) is 26.3 Å². The van der Waals surface area contributed by atoms with Gasteiger partial charge in [0.25, 0.3) is 5.91 Å². The molecule has 0 saturated heterocycles. The van der Waals surface area contributed by atoms with E-state index in [4.69, 9.17) is 23.2 Å². The van der Waals surface area contributed by atoms with Crippen LogP contribution in [0.3, 0.4) is 0 Å². The standard InChI is InChI=1S/C12H15Cl2NO/c1-8-6-9(4-5-10(8)14)11(16)15-12(2,3)7-13/h4-6H,7H2,1-3H3,(H,15,16). The van der Waals surface area contributed by atoms with Crippen LogP contribution in [-0.4, -0.2) is 17.3 Å². The van der Waals surface area contributed by atoms with Crippen molar-refractivity contribution in [3.63, 3.8) is 0 Å². The maximum atomic E-state index is 11.9. The molecule has 0 heterocycles. The lowest BCUT2D eigenvalue weighted by Gasteiger charge is -2.23. The van der Waals surface area contributed by atoms with Crippen molar-refractivity contribution in [3.8, 4) is 0 Å². The van der Waals surface area contributed by atoms with Crippen molar-refractivity contribution >= 4 is 29.1 Å². The van der Waals surface area contributed by atoms with Crippen LogP contribution >= 0.6 is 23.2 Å². The Balaban J connectivity index is 2.85. The summed E-state index contributed by atoms with van der Waals surface area (Å²) in [6, 6.07) is 5.19. The first-order valence-electron chi connectivity index (χ1n) is 5.00. The van der Waals surface area contributed by atoms with E-state index < -0.39 is 5.54 Å². The Kier molecular flexibility index (Phi) is 4.22. The van der Waals surface area contributed by atoms with Gasteiger partial charge in [-0.05, 0) is 44.5 Å². The SMILES string of the molecule is Cc1cc(C(=O)NC(C)(C)CCl)ccc1Cl. The van der Waals surface area contributed by atoms with Crippen LogP contribution in [0.1, 0.15) is 29.8 Å². The van der Waals surface area contributed by atoms with E-state index in [0.29, 0.717) is 16.5 Å². The van der Waals surface area contributed by atoms with E-state index in [0.717, 1.165) is 5.56 Å². The number of hydrogen-bond donors (Lipinski definition) is 1. The molecule has 1 aromatic carbocycles. The minimum absolute atomic E-state index is 0.134. The van der Waals surface area contributed by atoms with E-state index in [1.807, 2.05) is 20.8 Å². The molecule has 0 fully saturated rings. The summed E-state index contributed by atoms with van der Waals surface area (Å²) >= 11 is 11.6. The first-order chi connectivity index (χ1) is 7.35. The summed E-state index contributed by atoms with van der Waals surface area (Å²) in [5.74, 6) is 0.233. The average Bonchev–Trinajstić information content (AvgIpc) is 2.21. The number of aryl methyl sites for hydroxylation is 1. The van der Waals surface area contributed by atoms with E-state index in [-0.39, 0.29) is 5.91 Å². The number of rotatable bonds is 3. The van der Waals surface area contributed by atoms with Gasteiger partial charge in [0.05, 0.1) is 0 Å². The fraction of sp³-hybridized carbons (Fsp3) is 0.417. The lowest BCUT2D eigenvalue weighted by Crippen LogP contribution is -2.44. The quantitative estimate of drug-likeness (QED) is 0.829. The van der Waals surface area contributed by atoms with Crippen LogP contribution in [0.4, 0.5) is 0 Å². The summed E-state index contributed by atoms with van der Waals surface area (Å²) in [6.07, 6.45) is 0. The molecule has 1 N–H and O–H groups in total. The Morgan fingerprint density at radius 2 is 2.06 bits per heavy atom. The number of benzene rings is 1. The third-order valence-corrected chi connectivity index (χ3v) is 3.30. The van der Waals surface area contributed by atoms with Gasteiger partial charge in [0.2, 0.25) is 0 Å². The molecule has 1 rings (SSSR count). The molecular weight excluding hydrogens is 245 g/mol. The van der Waals surface area contributed by atoms with Gasteiger partial charge in [0, 0.05) is 22.0 Å². The van der Waals surface area contributed by atoms with Crippen LogP contribution in [0.25, 0.3) is 0 Å². The molecule has 0 saturated carbocycles. The molecule has 16 heavy (non-hydrogen) atoms. The molecule has 0 aliphatic rings. The van der Waals surface area contributed by atoms with Crippen molar-refractivity contribution < 1.29 is 4.79 Å². The predicted octanol–water partition coefficient (Wildman–Crippen LogP) is 3.40. The summed E-state index contributed by atoms with van der Waals surface area (Å²) in [5.41, 5.74) is 1.07. The van der Waals surface area contributed by atoms with Crippen molar-refractivity contribution in [2.75, 3.05) is 5.88 Å². The number of hydrogen-bond acceptors (Lipinski definition) is 1. The molecular formula is C12H15Cl2NO. The van der Waals surface area contributed by atoms with Gasteiger partial charge in [-0.2, -0.15) is 0 Å². The Labute approximate surface area is 106 Å². The topological polar surface area (TPSA) is 29.1 Å². The van der Waals surface area contributed by atoms with Crippen molar-refractivity contribution in [3.05, 3.63) is 34.3 Å². The van der Waals surface area contributed by atoms with E-state index >= 15 is 0 Å². The van der Waals surface area contributed by atoms with Gasteiger partial charge in [0.1, 0.15) is 0 Å². The van der Waals surface area contributed by atoms with E-state index in [1.54, 1.807) is 18.2 Å². The number of amides is 1. The molecule has 0 aliphatic carbocycles. The number of carbonyl (C=O) groups excluding carboxylic acids is 1. The number of alkyl halides is 1. The lowest BCUT2D eigenvalue weighted by molar-refractivity contribution is 0.0920. The second-order valence-electron chi connectivity index (χ2n) is 4.44. The van der Waals surface area contributed by atoms with Crippen LogP contribution in [-0.2, 0) is 0 Å². The maximum Gasteiger partial charge on any atom is 0.251 e. The zero-order chi connectivity index (χ0) is 12.3. The zero-order valence-electron chi connectivity index (χ0n) is 9.60. The van der Waals surface area contributed by atoms with Crippen LogP contribution < -0.4 is 5.32 Å². The predicted molar refractivity (Wildman–Crippen MR) is 68.5 cm³/mol. The fourth-order valence-corrected chi connectivity index (χ4v) is 1.38. The van der Waals surface area contributed by atoms with Crippen LogP contribution in [0, 0.1) is 6.92 Å². The largest absolute Gasteiger partial charge is 0.346 e. The second-order valence-corrected chi connectivity index (χ2v) is 5.11. The number of halogens is 2. The molecule has 0 unspecified atom stereocenters. The Morgan fingerprint density at radius 3 is 2.56 bits per heavy atom. The summed E-state index contributed by atoms with van der Waals surface area (Å²) in [7, 11) is 0. The summed E-state index contributed by atoms with van der Waals surface area (Å²) in [5, 5.41) is 3.52. The molecule has 0 aromatic heterocycles. The molecule has 1 amide bonds. The highest BCUT2D eigenvalue weighted by molar-refractivity contribution is 6.31. The van der Waals surface area contributed by atoms with Crippen LogP contribution in [0.5, 0.6) is 0 Å². The zero-order valence-corrected chi connectivity index (χ0v) is 11.1. The van der Waals surface area contributed by atoms with Gasteiger partial charge in [0.15, 0.2) is 0 Å². The molecule has 0 aliphatic heterocycles. The first-order valence-corrected chi connectivity index (χ1v) is 5.91. The van der Waals surface area contributed by atoms with Crippen LogP contribution in [0.2, 0.25) is 5.02 Å². The normalized spacial score (nSPS) is 11.3. The van der Waals surface area contributed by atoms with Gasteiger partial charge in [-0.3, -0.25) is 4.79 Å². The monoisotopic (exact) mass is 259 g/mol. The summed E-state index contributed by atoms with van der Waals surface area (Å²) in [6.45, 7) is 5.62. The highest BCUT2D eigenvalue weighted by Gasteiger charge is 2.19. The second kappa shape index (κ2) is 5.07. The van der Waals surface area contributed by atoms with Gasteiger partial charge in [-0.1, -0.05) is 11.6 Å². The lowest BCUT2D eigenvalue weighted by atomic mass is 10.1. The molecule has 2 nitrogen and oxygen atoms in total. The van der Waals surface area contributed by atoms with Gasteiger partial charge < -0.3 is 5.32 Å². The van der Waals surface area contributed by atoms with E-state index in [1.165, 1.54) is 0 Å². The number of carbonyl (C=O) groups is 1. The highest BCUT2D eigenvalue weighted by atomic mass is 35.5. The van der Waals surface area contributed by atoms with E-state index in [2.05, 4.69) is 5.32 Å². The first kappa shape index (κ1) is 13.3. The number of nitrogens with one attached hydrogen (secondary N) is 1. The van der Waals surface area contributed by atoms with Crippen molar-refractivity contribution in [2.24, 2.45) is 0 Å². The molecule has 88 valence electrons. The van der Waals surface area contributed by atoms with Crippen molar-refractivity contribution in [1.29, 1.82) is 0 Å². The van der Waals surface area contributed by atoms with E-state index in [9.17, 15) is 4.79 Å². The van der Waals surface area contributed by atoms with Gasteiger partial charge >= 0.3 is 0 Å². The molecule has 0 atom stereocenters. The minimum atomic E-state index is -0.411. The van der Waals surface area contributed by atoms with Crippen molar-refractivity contribution in [1.82, 2.24) is 5.32 Å². The molecule has 4 heteroatoms. The van der Waals surface area contributed by atoms with Gasteiger partial charge in [-0.15, -0.1) is 11.6 Å². The third kappa shape index (κ3) is 3.39. The Morgan fingerprint density at radius 1 is 1.44 bits per heavy atom. The molecule has 0 bridgehead atoms. The molecule has 1 aromatic rings. The van der Waals surface area contributed by atoms with Gasteiger partial charge in [-0.25, -0.2) is 0 Å². The maximum absolute atomic E-state index is 11.9. The summed E-state index contributed by atoms with van der Waals surface area (Å²) in [4.78, 5) is 11.9. The Bertz CT molecular complexity index is 402. The molecule has 0 radical (unpaired) electrons. The third-order valence-electron chi connectivity index (χ3n) is 2.21.